The molecule has 0 saturated heterocycles. The van der Waals surface area contributed by atoms with E-state index >= 15 is 0 Å². The molecule has 6 nitrogen and oxygen atoms in total. The van der Waals surface area contributed by atoms with E-state index in [1.807, 2.05) is 0 Å². The molecule has 1 unspecified atom stereocenters. The Morgan fingerprint density at radius 1 is 1.11 bits per heavy atom. The Bertz CT molecular complexity index is 665. The van der Waals surface area contributed by atoms with Gasteiger partial charge in [-0.2, -0.15) is 0 Å². The first-order valence-electron chi connectivity index (χ1n) is 9.38. The van der Waals surface area contributed by atoms with Gasteiger partial charge in [-0.05, 0) is 43.0 Å². The van der Waals surface area contributed by atoms with Crippen LogP contribution in [-0.2, 0) is 9.59 Å². The molecule has 156 valence electrons. The number of hydrogen-bond donors (Lipinski definition) is 3. The van der Waals surface area contributed by atoms with Crippen molar-refractivity contribution < 1.29 is 32.4 Å². The number of halogens is 3. The number of quaternary nitrogens is 1. The van der Waals surface area contributed by atoms with Crippen LogP contribution in [0.2, 0.25) is 0 Å². The molecule has 0 bridgehead atoms. The molecule has 1 aromatic carbocycles. The molecule has 1 fully saturated rings. The topological polar surface area (TPSA) is 71.9 Å². The second-order valence-electron chi connectivity index (χ2n) is 7.37. The molecule has 28 heavy (non-hydrogen) atoms. The average Bonchev–Trinajstić information content (AvgIpc) is 2.57. The Morgan fingerprint density at radius 3 is 2.32 bits per heavy atom. The van der Waals surface area contributed by atoms with Gasteiger partial charge in [-0.3, -0.25) is 9.59 Å². The predicted octanol–water partition coefficient (Wildman–Crippen LogP) is 1.73. The lowest BCUT2D eigenvalue weighted by Crippen LogP contribution is -3.11. The molecule has 0 aromatic heterocycles. The number of nitrogens with one attached hydrogen (secondary N) is 3. The van der Waals surface area contributed by atoms with E-state index in [4.69, 9.17) is 0 Å². The van der Waals surface area contributed by atoms with Gasteiger partial charge in [0.25, 0.3) is 11.8 Å². The highest BCUT2D eigenvalue weighted by molar-refractivity contribution is 5.91. The second-order valence-corrected chi connectivity index (χ2v) is 7.37. The summed E-state index contributed by atoms with van der Waals surface area (Å²) >= 11 is 0. The number of anilines is 1. The van der Waals surface area contributed by atoms with Crippen LogP contribution >= 0.6 is 0 Å². The molecule has 0 heterocycles. The molecule has 1 aromatic rings. The summed E-state index contributed by atoms with van der Waals surface area (Å²) in [5.74, 6) is -0.314. The van der Waals surface area contributed by atoms with E-state index in [2.05, 4.69) is 22.3 Å². The Kier molecular flexibility index (Phi) is 7.68. The third kappa shape index (κ3) is 7.75. The van der Waals surface area contributed by atoms with Crippen molar-refractivity contribution in [2.75, 3.05) is 25.5 Å². The summed E-state index contributed by atoms with van der Waals surface area (Å²) in [4.78, 5) is 25.0. The van der Waals surface area contributed by atoms with E-state index in [0.29, 0.717) is 11.6 Å². The lowest BCUT2D eigenvalue weighted by Gasteiger charge is -2.29. The molecule has 0 aliphatic heterocycles. The van der Waals surface area contributed by atoms with Gasteiger partial charge in [0.05, 0.1) is 7.05 Å². The molecular weight excluding hydrogens is 375 g/mol. The highest BCUT2D eigenvalue weighted by Gasteiger charge is 2.31. The Morgan fingerprint density at radius 2 is 1.71 bits per heavy atom. The fourth-order valence-corrected chi connectivity index (χ4v) is 3.34. The van der Waals surface area contributed by atoms with Gasteiger partial charge in [0.2, 0.25) is 0 Å². The average molecular weight is 402 g/mol. The summed E-state index contributed by atoms with van der Waals surface area (Å²) in [6, 6.07) is 5.09. The predicted molar refractivity (Wildman–Crippen MR) is 97.9 cm³/mol. The van der Waals surface area contributed by atoms with E-state index in [1.165, 1.54) is 18.6 Å². The largest absolute Gasteiger partial charge is 0.573 e. The molecule has 1 saturated carbocycles. The highest BCUT2D eigenvalue weighted by atomic mass is 19.4. The molecule has 0 radical (unpaired) electrons. The fraction of sp³-hybridized carbons (Fsp3) is 0.579. The molecule has 1 aliphatic rings. The summed E-state index contributed by atoms with van der Waals surface area (Å²) in [5.41, 5.74) is 0.354. The van der Waals surface area contributed by atoms with Crippen LogP contribution in [0.1, 0.15) is 32.6 Å². The first kappa shape index (κ1) is 22.0. The third-order valence-electron chi connectivity index (χ3n) is 4.75. The summed E-state index contributed by atoms with van der Waals surface area (Å²) < 4.78 is 40.2. The number of carbonyl (C=O) groups excluding carboxylic acids is 2. The quantitative estimate of drug-likeness (QED) is 0.651. The van der Waals surface area contributed by atoms with Crippen molar-refractivity contribution in [2.45, 2.75) is 45.0 Å². The van der Waals surface area contributed by atoms with Crippen molar-refractivity contribution in [2.24, 2.45) is 5.92 Å². The van der Waals surface area contributed by atoms with Crippen LogP contribution in [0.25, 0.3) is 0 Å². The number of benzene rings is 1. The van der Waals surface area contributed by atoms with Crippen molar-refractivity contribution in [3.8, 4) is 5.75 Å². The zero-order valence-electron chi connectivity index (χ0n) is 16.1. The minimum atomic E-state index is -4.76. The van der Waals surface area contributed by atoms with E-state index in [-0.39, 0.29) is 36.7 Å². The maximum Gasteiger partial charge on any atom is 0.573 e. The van der Waals surface area contributed by atoms with E-state index in [0.717, 1.165) is 36.3 Å². The van der Waals surface area contributed by atoms with Gasteiger partial charge in [-0.15, -0.1) is 13.2 Å². The van der Waals surface area contributed by atoms with Gasteiger partial charge < -0.3 is 20.3 Å². The minimum Gasteiger partial charge on any atom is -0.406 e. The SMILES string of the molecule is C[C@H]1CCCC[C@@H]1NC(=O)C[NH+](C)CC(=O)Nc1ccc(OC(F)(F)F)cc1. The van der Waals surface area contributed by atoms with Crippen LogP contribution in [0.3, 0.4) is 0 Å². The Balaban J connectivity index is 1.75. The van der Waals surface area contributed by atoms with Crippen molar-refractivity contribution in [3.63, 3.8) is 0 Å². The van der Waals surface area contributed by atoms with Crippen LogP contribution in [0.4, 0.5) is 18.9 Å². The zero-order valence-corrected chi connectivity index (χ0v) is 16.1. The smallest absolute Gasteiger partial charge is 0.406 e. The van der Waals surface area contributed by atoms with Crippen molar-refractivity contribution >= 4 is 17.5 Å². The number of amides is 2. The number of ether oxygens (including phenoxy) is 1. The molecule has 1 aliphatic carbocycles. The molecule has 2 amide bonds. The summed E-state index contributed by atoms with van der Waals surface area (Å²) in [7, 11) is 1.74. The lowest BCUT2D eigenvalue weighted by molar-refractivity contribution is -0.862. The van der Waals surface area contributed by atoms with Gasteiger partial charge in [0.15, 0.2) is 13.1 Å². The van der Waals surface area contributed by atoms with Crippen LogP contribution in [0.5, 0.6) is 5.75 Å². The van der Waals surface area contributed by atoms with Gasteiger partial charge in [0.1, 0.15) is 5.75 Å². The third-order valence-corrected chi connectivity index (χ3v) is 4.75. The standard InChI is InChI=1S/C19H26F3N3O3/c1-13-5-3-4-6-16(13)24-18(27)12-25(2)11-17(26)23-14-7-9-15(10-8-14)28-19(20,21)22/h7-10,13,16H,3-6,11-12H2,1-2H3,(H,23,26)(H,24,27)/p+1/t13-,16-/m0/s1. The maximum atomic E-state index is 12.2. The molecular formula is C19H27F3N3O3+. The fourth-order valence-electron chi connectivity index (χ4n) is 3.34. The van der Waals surface area contributed by atoms with Gasteiger partial charge in [-0.25, -0.2) is 0 Å². The minimum absolute atomic E-state index is 0.0639. The highest BCUT2D eigenvalue weighted by Crippen LogP contribution is 2.24. The normalized spacial score (nSPS) is 20.9. The lowest BCUT2D eigenvalue weighted by atomic mass is 9.86. The van der Waals surface area contributed by atoms with Crippen LogP contribution in [0, 0.1) is 5.92 Å². The zero-order chi connectivity index (χ0) is 20.7. The maximum absolute atomic E-state index is 12.2. The van der Waals surface area contributed by atoms with Crippen LogP contribution in [0.15, 0.2) is 24.3 Å². The number of hydrogen-bond acceptors (Lipinski definition) is 3. The van der Waals surface area contributed by atoms with E-state index in [1.54, 1.807) is 7.05 Å². The Hall–Kier alpha value is -2.29. The van der Waals surface area contributed by atoms with Crippen LogP contribution in [-0.4, -0.2) is 44.4 Å². The second kappa shape index (κ2) is 9.77. The van der Waals surface area contributed by atoms with Crippen LogP contribution < -0.4 is 20.3 Å². The first-order valence-corrected chi connectivity index (χ1v) is 9.38. The first-order chi connectivity index (χ1) is 13.1. The molecule has 2 rings (SSSR count). The summed E-state index contributed by atoms with van der Waals surface area (Å²) in [5, 5.41) is 5.65. The summed E-state index contributed by atoms with van der Waals surface area (Å²) in [6.45, 7) is 2.38. The monoisotopic (exact) mass is 402 g/mol. The molecule has 0 spiro atoms. The molecule has 9 heteroatoms. The molecule has 3 atom stereocenters. The van der Waals surface area contributed by atoms with Crippen molar-refractivity contribution in [1.82, 2.24) is 5.32 Å². The van der Waals surface area contributed by atoms with E-state index in [9.17, 15) is 22.8 Å². The number of rotatable bonds is 7. The number of likely N-dealkylation sites (N-methyl/N-ethyl adjacent to an activating group) is 1. The molecule has 3 N–H and O–H groups in total. The van der Waals surface area contributed by atoms with Gasteiger partial charge >= 0.3 is 6.36 Å². The van der Waals surface area contributed by atoms with Crippen molar-refractivity contribution in [1.29, 1.82) is 0 Å². The van der Waals surface area contributed by atoms with Gasteiger partial charge in [0, 0.05) is 11.7 Å². The number of carbonyl (C=O) groups is 2. The van der Waals surface area contributed by atoms with E-state index < -0.39 is 6.36 Å². The Labute approximate surface area is 162 Å². The van der Waals surface area contributed by atoms with Gasteiger partial charge in [-0.1, -0.05) is 19.8 Å². The van der Waals surface area contributed by atoms with Crippen molar-refractivity contribution in [3.05, 3.63) is 24.3 Å². The number of alkyl halides is 3. The summed E-state index contributed by atoms with van der Waals surface area (Å²) in [6.07, 6.45) is -0.342.